The van der Waals surface area contributed by atoms with Gasteiger partial charge in [-0.2, -0.15) is 0 Å². The Morgan fingerprint density at radius 1 is 0.939 bits per heavy atom. The molecule has 1 saturated carbocycles. The Morgan fingerprint density at radius 3 is 2.35 bits per heavy atom. The van der Waals surface area contributed by atoms with E-state index in [2.05, 4.69) is 27.2 Å². The molecule has 1 amide bonds. The molecule has 2 heterocycles. The Kier molecular flexibility index (Phi) is 10.2. The van der Waals surface area contributed by atoms with Gasteiger partial charge < -0.3 is 14.3 Å². The first-order valence-corrected chi connectivity index (χ1v) is 16.4. The molecule has 3 aromatic carbocycles. The van der Waals surface area contributed by atoms with Crippen molar-refractivity contribution in [3.8, 4) is 22.5 Å². The minimum atomic E-state index is -0.970. The minimum Gasteiger partial charge on any atom is -0.429 e. The van der Waals surface area contributed by atoms with Crippen LogP contribution in [0.3, 0.4) is 0 Å². The number of nitrogens with zero attached hydrogens (tertiary/aromatic N) is 7. The van der Waals surface area contributed by atoms with Gasteiger partial charge in [0.05, 0.1) is 6.54 Å². The van der Waals surface area contributed by atoms with Crippen molar-refractivity contribution in [3.05, 3.63) is 99.6 Å². The van der Waals surface area contributed by atoms with Gasteiger partial charge in [-0.1, -0.05) is 99.0 Å². The minimum absolute atomic E-state index is 0.141. The number of rotatable bonds is 14. The molecule has 0 bridgehead atoms. The van der Waals surface area contributed by atoms with E-state index in [1.54, 1.807) is 24.3 Å². The molecule has 49 heavy (non-hydrogen) atoms. The Bertz CT molecular complexity index is 1830. The van der Waals surface area contributed by atoms with Crippen LogP contribution in [0.25, 0.3) is 22.5 Å². The van der Waals surface area contributed by atoms with E-state index in [1.165, 1.54) is 0 Å². The molecule has 0 N–H and O–H groups in total. The van der Waals surface area contributed by atoms with Gasteiger partial charge >= 0.3 is 6.16 Å². The van der Waals surface area contributed by atoms with Crippen LogP contribution >= 0.6 is 0 Å². The van der Waals surface area contributed by atoms with E-state index in [0.717, 1.165) is 77.8 Å². The quantitative estimate of drug-likeness (QED) is 0.0850. The number of aromatic nitrogens is 4. The summed E-state index contributed by atoms with van der Waals surface area (Å²) in [6.07, 6.45) is 5.66. The van der Waals surface area contributed by atoms with Crippen LogP contribution in [-0.2, 0) is 45.6 Å². The predicted molar refractivity (Wildman–Crippen MR) is 177 cm³/mol. The highest BCUT2D eigenvalue weighted by Crippen LogP contribution is 2.40. The number of amidine groups is 1. The first kappa shape index (κ1) is 33.2. The van der Waals surface area contributed by atoms with Crippen LogP contribution in [0.2, 0.25) is 0 Å². The van der Waals surface area contributed by atoms with Gasteiger partial charge in [0.25, 0.3) is 11.0 Å². The van der Waals surface area contributed by atoms with Crippen LogP contribution in [0.1, 0.15) is 68.6 Å². The lowest BCUT2D eigenvalue weighted by molar-refractivity contribution is -0.763. The Morgan fingerprint density at radius 2 is 1.63 bits per heavy atom. The summed E-state index contributed by atoms with van der Waals surface area (Å²) >= 11 is 0. The maximum absolute atomic E-state index is 13.6. The molecule has 1 aromatic heterocycles. The van der Waals surface area contributed by atoms with Crippen LogP contribution in [0.4, 0.5) is 4.79 Å². The molecule has 1 spiro atoms. The molecule has 1 aliphatic carbocycles. The van der Waals surface area contributed by atoms with Crippen LogP contribution in [-0.4, -0.2) is 53.6 Å². The third-order valence-electron chi connectivity index (χ3n) is 8.80. The molecule has 0 saturated heterocycles. The fourth-order valence-corrected chi connectivity index (χ4v) is 6.26. The van der Waals surface area contributed by atoms with E-state index >= 15 is 0 Å². The van der Waals surface area contributed by atoms with Gasteiger partial charge in [0.1, 0.15) is 24.6 Å². The van der Waals surface area contributed by atoms with Crippen molar-refractivity contribution in [1.29, 1.82) is 0 Å². The summed E-state index contributed by atoms with van der Waals surface area (Å²) in [5.41, 5.74) is 4.09. The number of hydrogen-bond acceptors (Lipinski definition) is 11. The lowest BCUT2D eigenvalue weighted by atomic mass is 9.97. The highest BCUT2D eigenvalue weighted by atomic mass is 16.9. The van der Waals surface area contributed by atoms with Crippen molar-refractivity contribution in [2.75, 3.05) is 0 Å². The fourth-order valence-electron chi connectivity index (χ4n) is 6.26. The zero-order chi connectivity index (χ0) is 34.2. The molecular formula is C35H37N7O7. The SMILES string of the molecule is CCCCC1=NC2(CCCC2)C(=O)N1Cc1ccc(-c2ccccc2-c2nnn(COC(=O)OCc3ccccc3CO[N+](=O)[O-])n2)cc1. The van der Waals surface area contributed by atoms with Gasteiger partial charge in [-0.25, -0.2) is 4.79 Å². The molecule has 14 nitrogen and oxygen atoms in total. The first-order valence-electron chi connectivity index (χ1n) is 16.4. The average molecular weight is 668 g/mol. The van der Waals surface area contributed by atoms with Gasteiger partial charge in [0, 0.05) is 12.0 Å². The van der Waals surface area contributed by atoms with Gasteiger partial charge in [-0.3, -0.25) is 14.7 Å². The van der Waals surface area contributed by atoms with Crippen molar-refractivity contribution < 1.29 is 29.0 Å². The topological polar surface area (TPSA) is 164 Å². The maximum Gasteiger partial charge on any atom is 0.510 e. The zero-order valence-electron chi connectivity index (χ0n) is 27.2. The van der Waals surface area contributed by atoms with Gasteiger partial charge in [0.15, 0.2) is 0 Å². The fraction of sp³-hybridized carbons (Fsp3) is 0.371. The number of ether oxygens (including phenoxy) is 2. The van der Waals surface area contributed by atoms with E-state index in [-0.39, 0.29) is 25.9 Å². The molecule has 1 aliphatic heterocycles. The first-order chi connectivity index (χ1) is 23.8. The smallest absolute Gasteiger partial charge is 0.429 e. The molecule has 2 aliphatic rings. The number of hydrogen-bond donors (Lipinski definition) is 0. The summed E-state index contributed by atoms with van der Waals surface area (Å²) in [5.74, 6) is 1.40. The summed E-state index contributed by atoms with van der Waals surface area (Å²) in [4.78, 5) is 48.8. The summed E-state index contributed by atoms with van der Waals surface area (Å²) in [6, 6.07) is 22.5. The number of unbranched alkanes of at least 4 members (excludes halogenated alkanes) is 1. The second kappa shape index (κ2) is 15.0. The Hall–Kier alpha value is -5.66. The van der Waals surface area contributed by atoms with Gasteiger partial charge in [0.2, 0.25) is 12.6 Å². The Balaban J connectivity index is 1.08. The molecule has 0 unspecified atom stereocenters. The number of tetrazole rings is 1. The van der Waals surface area contributed by atoms with Crippen molar-refractivity contribution >= 4 is 17.9 Å². The highest BCUT2D eigenvalue weighted by molar-refractivity contribution is 6.08. The number of amides is 1. The lowest BCUT2D eigenvalue weighted by Crippen LogP contribution is -2.40. The zero-order valence-corrected chi connectivity index (χ0v) is 27.2. The molecule has 0 radical (unpaired) electrons. The van der Waals surface area contributed by atoms with Crippen molar-refractivity contribution in [2.45, 2.75) is 83.9 Å². The molecule has 6 rings (SSSR count). The summed E-state index contributed by atoms with van der Waals surface area (Å²) in [6.45, 7) is 1.87. The number of aliphatic imine (C=N–C) groups is 1. The van der Waals surface area contributed by atoms with Crippen LogP contribution in [0, 0.1) is 10.1 Å². The van der Waals surface area contributed by atoms with Crippen LogP contribution in [0.15, 0.2) is 77.8 Å². The number of carbonyl (C=O) groups excluding carboxylic acids is 2. The van der Waals surface area contributed by atoms with E-state index in [1.807, 2.05) is 53.4 Å². The van der Waals surface area contributed by atoms with Crippen molar-refractivity contribution in [3.63, 3.8) is 0 Å². The standard InChI is InChI=1S/C35H37N7O7/c1-2-3-14-31-36-35(19-8-9-20-35)33(43)40(31)21-25-15-17-26(18-16-25)29-12-6-7-13-30(29)32-37-39-41(38-32)24-48-34(44)47-22-27-10-4-5-11-28(27)23-49-42(45)46/h4-7,10-13,15-18H,2-3,8-9,14,19-24H2,1H3. The van der Waals surface area contributed by atoms with Crippen molar-refractivity contribution in [2.24, 2.45) is 4.99 Å². The molecular weight excluding hydrogens is 630 g/mol. The number of benzene rings is 3. The lowest BCUT2D eigenvalue weighted by Gasteiger charge is -2.23. The molecule has 4 aromatic rings. The summed E-state index contributed by atoms with van der Waals surface area (Å²) < 4.78 is 10.3. The van der Waals surface area contributed by atoms with E-state index in [4.69, 9.17) is 14.5 Å². The van der Waals surface area contributed by atoms with Crippen molar-refractivity contribution in [1.82, 2.24) is 25.1 Å². The van der Waals surface area contributed by atoms with Gasteiger partial charge in [-0.15, -0.1) is 25.1 Å². The molecule has 14 heteroatoms. The third-order valence-corrected chi connectivity index (χ3v) is 8.80. The predicted octanol–water partition coefficient (Wildman–Crippen LogP) is 6.27. The normalized spacial score (nSPS) is 15.0. The second-order valence-corrected chi connectivity index (χ2v) is 12.1. The van der Waals surface area contributed by atoms with Crippen LogP contribution in [0.5, 0.6) is 0 Å². The van der Waals surface area contributed by atoms with Gasteiger partial charge in [-0.05, 0) is 52.3 Å². The molecule has 1 fully saturated rings. The summed E-state index contributed by atoms with van der Waals surface area (Å²) in [7, 11) is 0. The monoisotopic (exact) mass is 667 g/mol. The van der Waals surface area contributed by atoms with E-state index in [0.29, 0.717) is 23.5 Å². The molecule has 0 atom stereocenters. The van der Waals surface area contributed by atoms with E-state index < -0.39 is 16.8 Å². The third kappa shape index (κ3) is 7.74. The molecule has 254 valence electrons. The average Bonchev–Trinajstić information content (AvgIpc) is 3.86. The highest BCUT2D eigenvalue weighted by Gasteiger charge is 2.49. The maximum atomic E-state index is 13.6. The van der Waals surface area contributed by atoms with E-state index in [9.17, 15) is 19.7 Å². The number of carbonyl (C=O) groups is 2. The summed E-state index contributed by atoms with van der Waals surface area (Å²) in [5, 5.41) is 22.3. The second-order valence-electron chi connectivity index (χ2n) is 12.1. The van der Waals surface area contributed by atoms with Crippen LogP contribution < -0.4 is 0 Å². The Labute approximate surface area is 282 Å². The largest absolute Gasteiger partial charge is 0.510 e.